The van der Waals surface area contributed by atoms with Crippen molar-refractivity contribution >= 4 is 34.6 Å². The number of amides is 2. The summed E-state index contributed by atoms with van der Waals surface area (Å²) in [5, 5.41) is 7.88. The van der Waals surface area contributed by atoms with Gasteiger partial charge in [-0.3, -0.25) is 9.59 Å². The van der Waals surface area contributed by atoms with Crippen molar-refractivity contribution in [1.29, 1.82) is 0 Å². The molecular weight excluding hydrogens is 364 g/mol. The van der Waals surface area contributed by atoms with Gasteiger partial charge >= 0.3 is 0 Å². The van der Waals surface area contributed by atoms with Crippen LogP contribution in [0.4, 0.5) is 5.69 Å². The minimum atomic E-state index is -0.282. The lowest BCUT2D eigenvalue weighted by Crippen LogP contribution is -2.18. The van der Waals surface area contributed by atoms with E-state index < -0.39 is 0 Å². The molecule has 2 aromatic carbocycles. The van der Waals surface area contributed by atoms with Crippen molar-refractivity contribution in [2.75, 3.05) is 5.32 Å². The van der Waals surface area contributed by atoms with Crippen LogP contribution < -0.4 is 10.7 Å². The number of anilines is 1. The fourth-order valence-corrected chi connectivity index (χ4v) is 4.48. The van der Waals surface area contributed by atoms with Crippen molar-refractivity contribution in [1.82, 2.24) is 10.4 Å². The Morgan fingerprint density at radius 3 is 2.72 bits per heavy atom. The topological polar surface area (TPSA) is 86.3 Å². The molecule has 2 amide bonds. The zero-order valence-corrected chi connectivity index (χ0v) is 16.0. The summed E-state index contributed by atoms with van der Waals surface area (Å²) in [6.45, 7) is 0. The smallest absolute Gasteiger partial charge is 0.272 e. The molecule has 3 N–H and O–H groups in total. The largest absolute Gasteiger partial charge is 0.354 e. The Hall–Kier alpha value is -3.41. The maximum atomic E-state index is 12.6. The van der Waals surface area contributed by atoms with Crippen LogP contribution in [0, 0.1) is 5.92 Å². The summed E-state index contributed by atoms with van der Waals surface area (Å²) in [6, 6.07) is 13.6. The van der Waals surface area contributed by atoms with Gasteiger partial charge in [-0.1, -0.05) is 43.2 Å². The van der Waals surface area contributed by atoms with Crippen LogP contribution in [0.1, 0.15) is 48.0 Å². The van der Waals surface area contributed by atoms with E-state index in [0.717, 1.165) is 40.6 Å². The fraction of sp³-hybridized carbons (Fsp3) is 0.261. The van der Waals surface area contributed by atoms with Gasteiger partial charge in [0.2, 0.25) is 5.91 Å². The number of hydrazone groups is 1. The number of rotatable bonds is 4. The van der Waals surface area contributed by atoms with Gasteiger partial charge in [0, 0.05) is 28.6 Å². The van der Waals surface area contributed by atoms with Crippen LogP contribution in [0.5, 0.6) is 0 Å². The number of aromatic nitrogens is 1. The van der Waals surface area contributed by atoms with Crippen molar-refractivity contribution in [3.8, 4) is 11.3 Å². The number of carbonyl (C=O) groups excluding carboxylic acids is 2. The number of nitrogens with zero attached hydrogens (tertiary/aromatic N) is 1. The molecule has 0 atom stereocenters. The molecule has 1 aliphatic carbocycles. The van der Waals surface area contributed by atoms with E-state index in [1.807, 2.05) is 36.4 Å². The molecule has 1 aliphatic heterocycles. The molecule has 2 heterocycles. The molecule has 0 saturated heterocycles. The van der Waals surface area contributed by atoms with Crippen molar-refractivity contribution in [3.05, 3.63) is 53.6 Å². The van der Waals surface area contributed by atoms with E-state index in [9.17, 15) is 9.59 Å². The standard InChI is InChI=1S/C23H22N4O2/c28-20(10-14-6-4-5-7-14)25-16-11-17-21-18(13-24-27-23(17)29)22(26-19(21)12-16)15-8-2-1-3-9-15/h1-3,8-9,11-14,26H,4-7,10H2,(H,25,28)(H,27,29). The Kier molecular flexibility index (Phi) is 4.39. The van der Waals surface area contributed by atoms with Gasteiger partial charge in [0.05, 0.1) is 17.5 Å². The Bertz CT molecular complexity index is 1120. The quantitative estimate of drug-likeness (QED) is 0.619. The van der Waals surface area contributed by atoms with Gasteiger partial charge in [0.25, 0.3) is 5.91 Å². The molecule has 3 aromatic rings. The Balaban J connectivity index is 1.56. The van der Waals surface area contributed by atoms with Gasteiger partial charge in [0.15, 0.2) is 0 Å². The highest BCUT2D eigenvalue weighted by atomic mass is 16.2. The van der Waals surface area contributed by atoms with Crippen molar-refractivity contribution in [2.24, 2.45) is 11.0 Å². The maximum absolute atomic E-state index is 12.6. The highest BCUT2D eigenvalue weighted by molar-refractivity contribution is 6.18. The van der Waals surface area contributed by atoms with Crippen LogP contribution in [0.15, 0.2) is 47.6 Å². The van der Waals surface area contributed by atoms with Crippen LogP contribution in [0.3, 0.4) is 0 Å². The Morgan fingerprint density at radius 1 is 1.14 bits per heavy atom. The highest BCUT2D eigenvalue weighted by Crippen LogP contribution is 2.35. The first-order chi connectivity index (χ1) is 14.2. The molecule has 6 heteroatoms. The number of hydrogen-bond donors (Lipinski definition) is 3. The SMILES string of the molecule is O=C(CC1CCCC1)Nc1cc2c3c(c(-c4ccccc4)[nH]c3c1)C=NNC2=O. The molecule has 1 aromatic heterocycles. The average molecular weight is 386 g/mol. The predicted octanol–water partition coefficient (Wildman–Crippen LogP) is 4.43. The van der Waals surface area contributed by atoms with E-state index in [4.69, 9.17) is 0 Å². The second-order valence-corrected chi connectivity index (χ2v) is 7.83. The third kappa shape index (κ3) is 3.31. The molecule has 0 unspecified atom stereocenters. The Morgan fingerprint density at radius 2 is 1.93 bits per heavy atom. The lowest BCUT2D eigenvalue weighted by atomic mass is 10.0. The van der Waals surface area contributed by atoms with Crippen LogP contribution in [-0.2, 0) is 4.79 Å². The number of hydrogen-bond acceptors (Lipinski definition) is 3. The minimum Gasteiger partial charge on any atom is -0.354 e. The molecule has 0 bridgehead atoms. The molecule has 5 rings (SSSR count). The van der Waals surface area contributed by atoms with Gasteiger partial charge in [0.1, 0.15) is 0 Å². The average Bonchev–Trinajstić information content (AvgIpc) is 3.32. The van der Waals surface area contributed by atoms with E-state index in [1.165, 1.54) is 12.8 Å². The van der Waals surface area contributed by atoms with E-state index in [1.54, 1.807) is 12.3 Å². The van der Waals surface area contributed by atoms with Crippen LogP contribution in [0.25, 0.3) is 22.2 Å². The number of aromatic amines is 1. The molecule has 2 aliphatic rings. The van der Waals surface area contributed by atoms with Gasteiger partial charge < -0.3 is 10.3 Å². The molecule has 0 radical (unpaired) electrons. The molecule has 29 heavy (non-hydrogen) atoms. The number of nitrogens with one attached hydrogen (secondary N) is 3. The zero-order valence-electron chi connectivity index (χ0n) is 16.0. The van der Waals surface area contributed by atoms with Gasteiger partial charge in [-0.2, -0.15) is 5.10 Å². The second-order valence-electron chi connectivity index (χ2n) is 7.83. The number of benzene rings is 2. The summed E-state index contributed by atoms with van der Waals surface area (Å²) in [5.74, 6) is 0.193. The van der Waals surface area contributed by atoms with E-state index >= 15 is 0 Å². The third-order valence-electron chi connectivity index (χ3n) is 5.84. The van der Waals surface area contributed by atoms with Gasteiger partial charge in [-0.15, -0.1) is 0 Å². The van der Waals surface area contributed by atoms with Crippen LogP contribution in [-0.4, -0.2) is 23.0 Å². The first-order valence-electron chi connectivity index (χ1n) is 10.1. The van der Waals surface area contributed by atoms with E-state index in [-0.39, 0.29) is 11.8 Å². The second kappa shape index (κ2) is 7.20. The lowest BCUT2D eigenvalue weighted by Gasteiger charge is -2.11. The molecule has 0 spiro atoms. The number of H-pyrrole nitrogens is 1. The normalized spacial score (nSPS) is 16.1. The van der Waals surface area contributed by atoms with Crippen LogP contribution >= 0.6 is 0 Å². The van der Waals surface area contributed by atoms with E-state index in [2.05, 4.69) is 20.8 Å². The van der Waals surface area contributed by atoms with Gasteiger partial charge in [-0.25, -0.2) is 5.43 Å². The first-order valence-corrected chi connectivity index (χ1v) is 10.1. The summed E-state index contributed by atoms with van der Waals surface area (Å²) >= 11 is 0. The Labute approximate surface area is 168 Å². The highest BCUT2D eigenvalue weighted by Gasteiger charge is 2.23. The van der Waals surface area contributed by atoms with Crippen molar-refractivity contribution < 1.29 is 9.59 Å². The summed E-state index contributed by atoms with van der Waals surface area (Å²) in [7, 11) is 0. The summed E-state index contributed by atoms with van der Waals surface area (Å²) in [5.41, 5.74) is 7.27. The van der Waals surface area contributed by atoms with Crippen molar-refractivity contribution in [3.63, 3.8) is 0 Å². The molecule has 1 saturated carbocycles. The third-order valence-corrected chi connectivity index (χ3v) is 5.84. The summed E-state index contributed by atoms with van der Waals surface area (Å²) < 4.78 is 0. The number of carbonyl (C=O) groups is 2. The van der Waals surface area contributed by atoms with Crippen molar-refractivity contribution in [2.45, 2.75) is 32.1 Å². The lowest BCUT2D eigenvalue weighted by molar-refractivity contribution is -0.117. The minimum absolute atomic E-state index is 0.00351. The zero-order chi connectivity index (χ0) is 19.8. The molecular formula is C23H22N4O2. The summed E-state index contributed by atoms with van der Waals surface area (Å²) in [6.07, 6.45) is 6.88. The monoisotopic (exact) mass is 386 g/mol. The summed E-state index contributed by atoms with van der Waals surface area (Å²) in [4.78, 5) is 28.5. The molecule has 1 fully saturated rings. The predicted molar refractivity (Wildman–Crippen MR) is 114 cm³/mol. The molecule has 6 nitrogen and oxygen atoms in total. The van der Waals surface area contributed by atoms with Crippen LogP contribution in [0.2, 0.25) is 0 Å². The van der Waals surface area contributed by atoms with Gasteiger partial charge in [-0.05, 0) is 36.5 Å². The fourth-order valence-electron chi connectivity index (χ4n) is 4.48. The van der Waals surface area contributed by atoms with E-state index in [0.29, 0.717) is 23.6 Å². The molecule has 146 valence electrons. The first kappa shape index (κ1) is 17.7. The maximum Gasteiger partial charge on any atom is 0.272 e.